The van der Waals surface area contributed by atoms with Crippen molar-refractivity contribution in [2.24, 2.45) is 0 Å². The zero-order chi connectivity index (χ0) is 14.0. The molecule has 0 aliphatic heterocycles. The smallest absolute Gasteiger partial charge is 0.261 e. The first-order chi connectivity index (χ1) is 9.00. The van der Waals surface area contributed by atoms with Gasteiger partial charge in [0.15, 0.2) is 11.2 Å². The third-order valence-electron chi connectivity index (χ3n) is 2.59. The second-order valence-electron chi connectivity index (χ2n) is 3.93. The van der Waals surface area contributed by atoms with E-state index in [0.29, 0.717) is 0 Å². The molecule has 0 aliphatic carbocycles. The zero-order valence-corrected chi connectivity index (χ0v) is 9.96. The van der Waals surface area contributed by atoms with Crippen LogP contribution in [0.3, 0.4) is 0 Å². The fourth-order valence-corrected chi connectivity index (χ4v) is 1.55. The summed E-state index contributed by atoms with van der Waals surface area (Å²) in [5.41, 5.74) is -1.13. The Kier molecular flexibility index (Phi) is 3.41. The van der Waals surface area contributed by atoms with Gasteiger partial charge in [-0.2, -0.15) is 0 Å². The summed E-state index contributed by atoms with van der Waals surface area (Å²) in [6.45, 7) is 1.44. The topological polar surface area (TPSA) is 62.0 Å². The zero-order valence-electron chi connectivity index (χ0n) is 9.96. The lowest BCUT2D eigenvalue weighted by molar-refractivity contribution is 0.102. The van der Waals surface area contributed by atoms with Crippen molar-refractivity contribution >= 4 is 11.6 Å². The Morgan fingerprint density at radius 1 is 1.26 bits per heavy atom. The Balaban J connectivity index is 2.38. The Hall–Kier alpha value is -2.50. The molecule has 4 nitrogen and oxygen atoms in total. The van der Waals surface area contributed by atoms with E-state index in [4.69, 9.17) is 0 Å². The number of carbonyl (C=O) groups excluding carboxylic acids is 1. The number of carbonyl (C=O) groups is 1. The van der Waals surface area contributed by atoms with Crippen LogP contribution in [0.2, 0.25) is 0 Å². The average Bonchev–Trinajstić information content (AvgIpc) is 2.39. The second-order valence-corrected chi connectivity index (χ2v) is 3.93. The van der Waals surface area contributed by atoms with Crippen molar-refractivity contribution in [1.29, 1.82) is 0 Å². The van der Waals surface area contributed by atoms with Gasteiger partial charge in [-0.1, -0.05) is 6.07 Å². The summed E-state index contributed by atoms with van der Waals surface area (Å²) < 4.78 is 27.2. The van der Waals surface area contributed by atoms with E-state index in [1.165, 1.54) is 25.4 Å². The molecule has 1 heterocycles. The van der Waals surface area contributed by atoms with Crippen molar-refractivity contribution in [3.8, 4) is 0 Å². The van der Waals surface area contributed by atoms with Gasteiger partial charge in [0, 0.05) is 18.5 Å². The third kappa shape index (κ3) is 2.52. The Morgan fingerprint density at radius 2 is 2.00 bits per heavy atom. The number of amides is 1. The number of rotatable bonds is 2. The van der Waals surface area contributed by atoms with E-state index in [1.807, 2.05) is 0 Å². The molecule has 19 heavy (non-hydrogen) atoms. The molecule has 98 valence electrons. The number of anilines is 1. The van der Waals surface area contributed by atoms with Crippen molar-refractivity contribution in [2.45, 2.75) is 6.92 Å². The van der Waals surface area contributed by atoms with E-state index in [9.17, 15) is 18.4 Å². The summed E-state index contributed by atoms with van der Waals surface area (Å²) >= 11 is 0. The fraction of sp³-hybridized carbons (Fsp3) is 0.0769. The monoisotopic (exact) mass is 264 g/mol. The van der Waals surface area contributed by atoms with Gasteiger partial charge in [0.2, 0.25) is 0 Å². The van der Waals surface area contributed by atoms with E-state index in [0.717, 1.165) is 12.1 Å². The van der Waals surface area contributed by atoms with Crippen LogP contribution in [0.1, 0.15) is 15.9 Å². The molecule has 0 bridgehead atoms. The van der Waals surface area contributed by atoms with Crippen LogP contribution in [0.4, 0.5) is 14.5 Å². The van der Waals surface area contributed by atoms with Crippen LogP contribution in [0, 0.1) is 18.6 Å². The quantitative estimate of drug-likeness (QED) is 0.873. The fourth-order valence-electron chi connectivity index (χ4n) is 1.55. The van der Waals surface area contributed by atoms with Gasteiger partial charge in [-0.05, 0) is 18.6 Å². The molecule has 2 rings (SSSR count). The Labute approximate surface area is 107 Å². The number of nitrogens with one attached hydrogen (secondary N) is 2. The molecule has 0 saturated heterocycles. The maximum absolute atomic E-state index is 13.7. The SMILES string of the molecule is Cc1ccc(F)c(NC(=O)c2c[nH]ccc2=O)c1F. The summed E-state index contributed by atoms with van der Waals surface area (Å²) in [6, 6.07) is 3.46. The van der Waals surface area contributed by atoms with Crippen molar-refractivity contribution in [1.82, 2.24) is 4.98 Å². The maximum atomic E-state index is 13.7. The van der Waals surface area contributed by atoms with Gasteiger partial charge >= 0.3 is 0 Å². The highest BCUT2D eigenvalue weighted by Gasteiger charge is 2.16. The van der Waals surface area contributed by atoms with Crippen molar-refractivity contribution in [3.63, 3.8) is 0 Å². The van der Waals surface area contributed by atoms with Crippen molar-refractivity contribution < 1.29 is 13.6 Å². The van der Waals surface area contributed by atoms with Crippen molar-refractivity contribution in [3.05, 3.63) is 63.6 Å². The molecule has 0 radical (unpaired) electrons. The highest BCUT2D eigenvalue weighted by Crippen LogP contribution is 2.21. The van der Waals surface area contributed by atoms with Gasteiger partial charge in [0.05, 0.1) is 0 Å². The van der Waals surface area contributed by atoms with E-state index in [2.05, 4.69) is 10.3 Å². The third-order valence-corrected chi connectivity index (χ3v) is 2.59. The number of halogens is 2. The Morgan fingerprint density at radius 3 is 2.68 bits per heavy atom. The largest absolute Gasteiger partial charge is 0.367 e. The molecule has 0 fully saturated rings. The summed E-state index contributed by atoms with van der Waals surface area (Å²) in [5, 5.41) is 2.07. The van der Waals surface area contributed by atoms with Gasteiger partial charge in [-0.25, -0.2) is 8.78 Å². The maximum Gasteiger partial charge on any atom is 0.261 e. The molecule has 6 heteroatoms. The molecule has 2 N–H and O–H groups in total. The van der Waals surface area contributed by atoms with Crippen LogP contribution in [0.5, 0.6) is 0 Å². The molecule has 1 amide bonds. The highest BCUT2D eigenvalue weighted by molar-refractivity contribution is 6.04. The number of aromatic amines is 1. The molecule has 0 spiro atoms. The lowest BCUT2D eigenvalue weighted by atomic mass is 10.2. The number of aromatic nitrogens is 1. The summed E-state index contributed by atoms with van der Waals surface area (Å²) in [7, 11) is 0. The number of hydrogen-bond acceptors (Lipinski definition) is 2. The van der Waals surface area contributed by atoms with Gasteiger partial charge in [0.25, 0.3) is 5.91 Å². The van der Waals surface area contributed by atoms with E-state index in [-0.39, 0.29) is 11.1 Å². The highest BCUT2D eigenvalue weighted by atomic mass is 19.1. The number of hydrogen-bond donors (Lipinski definition) is 2. The molecule has 0 saturated carbocycles. The molecule has 0 aliphatic rings. The standard InChI is InChI=1S/C13H10F2N2O2/c1-7-2-3-9(14)12(11(7)15)17-13(19)8-6-16-5-4-10(8)18/h2-6H,1H3,(H,16,18)(H,17,19). The number of pyridine rings is 1. The van der Waals surface area contributed by atoms with Crippen LogP contribution in [-0.2, 0) is 0 Å². The summed E-state index contributed by atoms with van der Waals surface area (Å²) in [4.78, 5) is 25.8. The molecule has 2 aromatic rings. The molecule has 1 aromatic heterocycles. The molecular weight excluding hydrogens is 254 g/mol. The van der Waals surface area contributed by atoms with Gasteiger partial charge in [-0.3, -0.25) is 9.59 Å². The van der Waals surface area contributed by atoms with Gasteiger partial charge in [-0.15, -0.1) is 0 Å². The van der Waals surface area contributed by atoms with Crippen LogP contribution in [0.25, 0.3) is 0 Å². The minimum Gasteiger partial charge on any atom is -0.367 e. The minimum atomic E-state index is -0.899. The van der Waals surface area contributed by atoms with E-state index in [1.54, 1.807) is 0 Å². The summed E-state index contributed by atoms with van der Waals surface area (Å²) in [6.07, 6.45) is 2.52. The normalized spacial score (nSPS) is 10.3. The molecule has 0 unspecified atom stereocenters. The van der Waals surface area contributed by atoms with E-state index >= 15 is 0 Å². The summed E-state index contributed by atoms with van der Waals surface area (Å²) in [5.74, 6) is -2.63. The number of H-pyrrole nitrogens is 1. The van der Waals surface area contributed by atoms with Gasteiger partial charge in [0.1, 0.15) is 17.1 Å². The second kappa shape index (κ2) is 5.01. The first kappa shape index (κ1) is 12.9. The van der Waals surface area contributed by atoms with Crippen LogP contribution >= 0.6 is 0 Å². The predicted octanol–water partition coefficient (Wildman–Crippen LogP) is 2.21. The molecule has 0 atom stereocenters. The van der Waals surface area contributed by atoms with Crippen LogP contribution < -0.4 is 10.7 Å². The van der Waals surface area contributed by atoms with E-state index < -0.39 is 28.7 Å². The molecule has 1 aromatic carbocycles. The minimum absolute atomic E-state index is 0.193. The predicted molar refractivity (Wildman–Crippen MR) is 66.1 cm³/mol. The Bertz CT molecular complexity index is 695. The average molecular weight is 264 g/mol. The van der Waals surface area contributed by atoms with Gasteiger partial charge < -0.3 is 10.3 Å². The number of aryl methyl sites for hydroxylation is 1. The first-order valence-corrected chi connectivity index (χ1v) is 5.43. The van der Waals surface area contributed by atoms with Crippen LogP contribution in [0.15, 0.2) is 35.4 Å². The van der Waals surface area contributed by atoms with Crippen LogP contribution in [-0.4, -0.2) is 10.9 Å². The van der Waals surface area contributed by atoms with Crippen molar-refractivity contribution in [2.75, 3.05) is 5.32 Å². The molecular formula is C13H10F2N2O2. The lowest BCUT2D eigenvalue weighted by Gasteiger charge is -2.08. The lowest BCUT2D eigenvalue weighted by Crippen LogP contribution is -2.22. The number of benzene rings is 1. The first-order valence-electron chi connectivity index (χ1n) is 5.43.